The molecule has 0 radical (unpaired) electrons. The molecule has 1 heterocycles. The van der Waals surface area contributed by atoms with Crippen molar-refractivity contribution in [3.05, 3.63) is 34.3 Å². The van der Waals surface area contributed by atoms with Gasteiger partial charge in [-0.15, -0.1) is 0 Å². The van der Waals surface area contributed by atoms with Gasteiger partial charge in [-0.2, -0.15) is 0 Å². The van der Waals surface area contributed by atoms with Crippen molar-refractivity contribution in [3.63, 3.8) is 0 Å². The molecule has 0 aromatic heterocycles. The lowest BCUT2D eigenvalue weighted by atomic mass is 9.91. The second kappa shape index (κ2) is 5.94. The molecule has 2 nitrogen and oxygen atoms in total. The predicted octanol–water partition coefficient (Wildman–Crippen LogP) is 3.97. The molecule has 19 heavy (non-hydrogen) atoms. The summed E-state index contributed by atoms with van der Waals surface area (Å²) in [5.41, 5.74) is 1.63. The van der Waals surface area contributed by atoms with Gasteiger partial charge in [0.25, 0.3) is 0 Å². The van der Waals surface area contributed by atoms with Gasteiger partial charge in [-0.25, -0.2) is 0 Å². The molecule has 3 atom stereocenters. The number of benzene rings is 1. The molecule has 1 aromatic rings. The summed E-state index contributed by atoms with van der Waals surface area (Å²) in [7, 11) is 0. The molecule has 3 heteroatoms. The van der Waals surface area contributed by atoms with E-state index in [4.69, 9.17) is 0 Å². The Balaban J connectivity index is 2.19. The van der Waals surface area contributed by atoms with Crippen LogP contribution in [0.3, 0.4) is 0 Å². The first-order valence-electron chi connectivity index (χ1n) is 7.21. The van der Waals surface area contributed by atoms with Gasteiger partial charge in [0.15, 0.2) is 0 Å². The van der Waals surface area contributed by atoms with Crippen LogP contribution in [0.25, 0.3) is 0 Å². The van der Waals surface area contributed by atoms with Gasteiger partial charge in [-0.3, -0.25) is 4.90 Å². The number of piperazine rings is 1. The molecule has 106 valence electrons. The van der Waals surface area contributed by atoms with Crippen LogP contribution in [0.2, 0.25) is 0 Å². The fourth-order valence-electron chi connectivity index (χ4n) is 2.84. The van der Waals surface area contributed by atoms with Crippen LogP contribution in [0.15, 0.2) is 28.7 Å². The van der Waals surface area contributed by atoms with Gasteiger partial charge in [0, 0.05) is 35.2 Å². The molecule has 1 saturated heterocycles. The third kappa shape index (κ3) is 3.39. The maximum Gasteiger partial charge on any atom is 0.0324 e. The molecular weight excluding hydrogens is 300 g/mol. The minimum atomic E-state index is 0.243. The molecule has 3 unspecified atom stereocenters. The SMILES string of the molecule is CCC1(C)CN(C(C)c2cccc(Br)c2)C(C)CN1. The van der Waals surface area contributed by atoms with Crippen molar-refractivity contribution in [2.24, 2.45) is 0 Å². The predicted molar refractivity (Wildman–Crippen MR) is 85.4 cm³/mol. The molecule has 0 saturated carbocycles. The number of rotatable bonds is 3. The van der Waals surface area contributed by atoms with Crippen LogP contribution in [-0.2, 0) is 0 Å². The van der Waals surface area contributed by atoms with Crippen molar-refractivity contribution in [2.75, 3.05) is 13.1 Å². The summed E-state index contributed by atoms with van der Waals surface area (Å²) in [5.74, 6) is 0. The summed E-state index contributed by atoms with van der Waals surface area (Å²) in [5, 5.41) is 3.69. The fourth-order valence-corrected chi connectivity index (χ4v) is 3.26. The zero-order valence-electron chi connectivity index (χ0n) is 12.4. The molecule has 1 aromatic carbocycles. The van der Waals surface area contributed by atoms with Crippen molar-refractivity contribution in [1.82, 2.24) is 10.2 Å². The number of hydrogen-bond donors (Lipinski definition) is 1. The van der Waals surface area contributed by atoms with Crippen LogP contribution in [0.4, 0.5) is 0 Å². The van der Waals surface area contributed by atoms with Gasteiger partial charge in [0.2, 0.25) is 0 Å². The summed E-state index contributed by atoms with van der Waals surface area (Å²) in [4.78, 5) is 2.63. The maximum atomic E-state index is 3.69. The van der Waals surface area contributed by atoms with E-state index in [0.29, 0.717) is 12.1 Å². The van der Waals surface area contributed by atoms with E-state index in [0.717, 1.165) is 17.6 Å². The average Bonchev–Trinajstić information content (AvgIpc) is 2.41. The van der Waals surface area contributed by atoms with Gasteiger partial charge in [-0.05, 0) is 44.9 Å². The van der Waals surface area contributed by atoms with Gasteiger partial charge < -0.3 is 5.32 Å². The molecule has 1 fully saturated rings. The molecular formula is C16H25BrN2. The lowest BCUT2D eigenvalue weighted by molar-refractivity contribution is 0.0597. The van der Waals surface area contributed by atoms with Crippen LogP contribution >= 0.6 is 15.9 Å². The van der Waals surface area contributed by atoms with Crippen LogP contribution in [0.5, 0.6) is 0 Å². The van der Waals surface area contributed by atoms with E-state index in [1.807, 2.05) is 0 Å². The van der Waals surface area contributed by atoms with Crippen LogP contribution in [0.1, 0.15) is 45.7 Å². The highest BCUT2D eigenvalue weighted by Crippen LogP contribution is 2.29. The summed E-state index contributed by atoms with van der Waals surface area (Å²) in [6.45, 7) is 11.4. The third-order valence-electron chi connectivity index (χ3n) is 4.53. The van der Waals surface area contributed by atoms with Gasteiger partial charge >= 0.3 is 0 Å². The van der Waals surface area contributed by atoms with Crippen LogP contribution in [0, 0.1) is 0 Å². The Labute approximate surface area is 125 Å². The minimum Gasteiger partial charge on any atom is -0.309 e. The molecule has 0 bridgehead atoms. The second-order valence-electron chi connectivity index (χ2n) is 6.05. The molecule has 0 spiro atoms. The van der Waals surface area contributed by atoms with Crippen molar-refractivity contribution in [2.45, 2.75) is 51.7 Å². The highest BCUT2D eigenvalue weighted by Gasteiger charge is 2.35. The van der Waals surface area contributed by atoms with E-state index >= 15 is 0 Å². The van der Waals surface area contributed by atoms with E-state index in [1.165, 1.54) is 12.0 Å². The molecule has 1 N–H and O–H groups in total. The Morgan fingerprint density at radius 1 is 1.53 bits per heavy atom. The smallest absolute Gasteiger partial charge is 0.0324 e. The topological polar surface area (TPSA) is 15.3 Å². The molecule has 1 aliphatic rings. The summed E-state index contributed by atoms with van der Waals surface area (Å²) in [6, 6.07) is 9.72. The van der Waals surface area contributed by atoms with Gasteiger partial charge in [0.05, 0.1) is 0 Å². The zero-order chi connectivity index (χ0) is 14.0. The van der Waals surface area contributed by atoms with Crippen LogP contribution in [-0.4, -0.2) is 29.6 Å². The normalized spacial score (nSPS) is 30.3. The molecule has 1 aliphatic heterocycles. The zero-order valence-corrected chi connectivity index (χ0v) is 14.0. The minimum absolute atomic E-state index is 0.243. The molecule has 0 aliphatic carbocycles. The highest BCUT2D eigenvalue weighted by atomic mass is 79.9. The van der Waals surface area contributed by atoms with E-state index in [9.17, 15) is 0 Å². The van der Waals surface area contributed by atoms with Crippen LogP contribution < -0.4 is 5.32 Å². The molecule has 2 rings (SSSR count). The number of halogens is 1. The third-order valence-corrected chi connectivity index (χ3v) is 5.02. The first-order chi connectivity index (χ1) is 8.95. The second-order valence-corrected chi connectivity index (χ2v) is 6.96. The monoisotopic (exact) mass is 324 g/mol. The average molecular weight is 325 g/mol. The van der Waals surface area contributed by atoms with Gasteiger partial charge in [-0.1, -0.05) is 35.0 Å². The van der Waals surface area contributed by atoms with Crippen molar-refractivity contribution >= 4 is 15.9 Å². The number of nitrogens with zero attached hydrogens (tertiary/aromatic N) is 1. The highest BCUT2D eigenvalue weighted by molar-refractivity contribution is 9.10. The standard InChI is InChI=1S/C16H25BrN2/c1-5-16(4)11-19(12(2)10-18-16)13(3)14-7-6-8-15(17)9-14/h6-9,12-13,18H,5,10-11H2,1-4H3. The lowest BCUT2D eigenvalue weighted by Crippen LogP contribution is -2.62. The quantitative estimate of drug-likeness (QED) is 0.904. The first kappa shape index (κ1) is 15.0. The van der Waals surface area contributed by atoms with Crippen molar-refractivity contribution in [1.29, 1.82) is 0 Å². The van der Waals surface area contributed by atoms with Crippen molar-refractivity contribution < 1.29 is 0 Å². The number of hydrogen-bond acceptors (Lipinski definition) is 2. The summed E-state index contributed by atoms with van der Waals surface area (Å²) >= 11 is 3.57. The largest absolute Gasteiger partial charge is 0.309 e. The summed E-state index contributed by atoms with van der Waals surface area (Å²) in [6.07, 6.45) is 1.17. The van der Waals surface area contributed by atoms with Gasteiger partial charge in [0.1, 0.15) is 0 Å². The van der Waals surface area contributed by atoms with E-state index in [1.54, 1.807) is 0 Å². The molecule has 0 amide bonds. The number of nitrogens with one attached hydrogen (secondary N) is 1. The first-order valence-corrected chi connectivity index (χ1v) is 8.01. The van der Waals surface area contributed by atoms with E-state index < -0.39 is 0 Å². The maximum absolute atomic E-state index is 3.69. The Morgan fingerprint density at radius 3 is 2.89 bits per heavy atom. The summed E-state index contributed by atoms with van der Waals surface area (Å²) < 4.78 is 1.16. The van der Waals surface area contributed by atoms with E-state index in [2.05, 4.69) is 78.1 Å². The Kier molecular flexibility index (Phi) is 4.70. The Bertz CT molecular complexity index is 435. The van der Waals surface area contributed by atoms with E-state index in [-0.39, 0.29) is 5.54 Å². The lowest BCUT2D eigenvalue weighted by Gasteiger charge is -2.47. The fraction of sp³-hybridized carbons (Fsp3) is 0.625. The Morgan fingerprint density at radius 2 is 2.26 bits per heavy atom. The Hall–Kier alpha value is -0.380. The van der Waals surface area contributed by atoms with Crippen molar-refractivity contribution in [3.8, 4) is 0 Å².